The summed E-state index contributed by atoms with van der Waals surface area (Å²) in [6.07, 6.45) is 0.359. The highest BCUT2D eigenvalue weighted by atomic mass is 32.2. The molecule has 2 amide bonds. The number of amides is 2. The van der Waals surface area contributed by atoms with E-state index in [4.69, 9.17) is 4.74 Å². The van der Waals surface area contributed by atoms with Gasteiger partial charge >= 0.3 is 5.97 Å². The Bertz CT molecular complexity index is 1390. The minimum Gasteiger partial charge on any atom is -0.462 e. The summed E-state index contributed by atoms with van der Waals surface area (Å²) in [5.41, 5.74) is 3.17. The van der Waals surface area contributed by atoms with E-state index in [-0.39, 0.29) is 23.1 Å². The van der Waals surface area contributed by atoms with Crippen LogP contribution in [0.3, 0.4) is 0 Å². The second-order valence-corrected chi connectivity index (χ2v) is 9.49. The molecule has 3 aromatic rings. The molecule has 0 aromatic heterocycles. The molecular formula is C29H25N3O4S. The molecule has 1 heterocycles. The van der Waals surface area contributed by atoms with Crippen molar-refractivity contribution in [1.82, 2.24) is 0 Å². The Kier molecular flexibility index (Phi) is 8.06. The molecule has 0 unspecified atom stereocenters. The number of carbonyl (C=O) groups is 3. The normalized spacial score (nSPS) is 16.2. The molecule has 1 aliphatic heterocycles. The summed E-state index contributed by atoms with van der Waals surface area (Å²) in [7, 11) is 0. The van der Waals surface area contributed by atoms with Gasteiger partial charge in [0.25, 0.3) is 5.91 Å². The maximum absolute atomic E-state index is 13.6. The molecule has 0 saturated carbocycles. The summed E-state index contributed by atoms with van der Waals surface area (Å²) in [6.45, 7) is 3.90. The monoisotopic (exact) mass is 511 g/mol. The van der Waals surface area contributed by atoms with Crippen LogP contribution in [0.15, 0.2) is 89.5 Å². The number of hydrogen-bond acceptors (Lipinski definition) is 6. The Hall–Kier alpha value is -4.35. The molecule has 1 fully saturated rings. The topological polar surface area (TPSA) is 99.5 Å². The number of nitrogens with zero attached hydrogens (tertiary/aromatic N) is 2. The third-order valence-corrected chi connectivity index (χ3v) is 7.06. The van der Waals surface area contributed by atoms with Crippen molar-refractivity contribution in [2.24, 2.45) is 0 Å². The van der Waals surface area contributed by atoms with Crippen molar-refractivity contribution in [2.75, 3.05) is 16.8 Å². The fourth-order valence-electron chi connectivity index (χ4n) is 3.90. The van der Waals surface area contributed by atoms with Crippen LogP contribution in [0.2, 0.25) is 0 Å². The van der Waals surface area contributed by atoms with Crippen LogP contribution in [-0.4, -0.2) is 29.6 Å². The van der Waals surface area contributed by atoms with Gasteiger partial charge in [-0.2, -0.15) is 5.26 Å². The van der Waals surface area contributed by atoms with Crippen LogP contribution in [0.1, 0.15) is 28.4 Å². The number of esters is 1. The number of anilines is 2. The van der Waals surface area contributed by atoms with Gasteiger partial charge in [0.1, 0.15) is 16.7 Å². The van der Waals surface area contributed by atoms with Crippen LogP contribution in [0, 0.1) is 18.3 Å². The Morgan fingerprint density at radius 3 is 2.35 bits per heavy atom. The zero-order valence-electron chi connectivity index (χ0n) is 20.4. The van der Waals surface area contributed by atoms with Gasteiger partial charge in [-0.3, -0.25) is 14.5 Å². The Morgan fingerprint density at radius 1 is 1.03 bits per heavy atom. The summed E-state index contributed by atoms with van der Waals surface area (Å²) in [6, 6.07) is 25.2. The van der Waals surface area contributed by atoms with Gasteiger partial charge < -0.3 is 10.1 Å². The van der Waals surface area contributed by atoms with Crippen molar-refractivity contribution in [1.29, 1.82) is 5.26 Å². The average molecular weight is 512 g/mol. The van der Waals surface area contributed by atoms with Gasteiger partial charge in [-0.1, -0.05) is 60.3 Å². The van der Waals surface area contributed by atoms with Gasteiger partial charge in [0.05, 0.1) is 17.4 Å². The highest BCUT2D eigenvalue weighted by Gasteiger charge is 2.40. The summed E-state index contributed by atoms with van der Waals surface area (Å²) < 4.78 is 5.03. The molecule has 0 aliphatic carbocycles. The molecule has 4 rings (SSSR count). The predicted molar refractivity (Wildman–Crippen MR) is 144 cm³/mol. The molecule has 1 N–H and O–H groups in total. The molecule has 1 aliphatic rings. The molecule has 1 saturated heterocycles. The fourth-order valence-corrected chi connectivity index (χ4v) is 5.21. The van der Waals surface area contributed by atoms with Crippen LogP contribution >= 0.6 is 11.8 Å². The standard InChI is InChI=1S/C29H25N3O4S/c1-3-36-29(35)21-15-13-20(14-16-21)17-25-27(34)32(22-10-5-4-6-11-22)28(37-25)23(18-30)26(33)31-24-12-8-7-9-19(24)2/h4-16,25H,3,17H2,1-2H3,(H,31,33)/b28-23-/t25-/m0/s1. The number of para-hydroxylation sites is 2. The second-order valence-electron chi connectivity index (χ2n) is 8.30. The van der Waals surface area contributed by atoms with E-state index in [1.807, 2.05) is 31.2 Å². The Labute approximate surface area is 219 Å². The van der Waals surface area contributed by atoms with Crippen LogP contribution < -0.4 is 10.2 Å². The van der Waals surface area contributed by atoms with Gasteiger partial charge in [-0.25, -0.2) is 4.79 Å². The van der Waals surface area contributed by atoms with E-state index in [1.54, 1.807) is 67.6 Å². The first-order valence-corrected chi connectivity index (χ1v) is 12.6. The minimum atomic E-state index is -0.576. The van der Waals surface area contributed by atoms with Crippen LogP contribution in [0.25, 0.3) is 0 Å². The number of hydrogen-bond donors (Lipinski definition) is 1. The number of carbonyl (C=O) groups excluding carboxylic acids is 3. The predicted octanol–water partition coefficient (Wildman–Crippen LogP) is 5.24. The third-order valence-electron chi connectivity index (χ3n) is 5.80. The zero-order chi connectivity index (χ0) is 26.4. The molecule has 0 bridgehead atoms. The van der Waals surface area contributed by atoms with Crippen LogP contribution in [0.5, 0.6) is 0 Å². The lowest BCUT2D eigenvalue weighted by atomic mass is 10.1. The maximum atomic E-state index is 13.6. The molecule has 0 spiro atoms. The molecule has 3 aromatic carbocycles. The van der Waals surface area contributed by atoms with Crippen molar-refractivity contribution in [2.45, 2.75) is 25.5 Å². The van der Waals surface area contributed by atoms with Crippen molar-refractivity contribution in [3.8, 4) is 6.07 Å². The first kappa shape index (κ1) is 25.7. The quantitative estimate of drug-likeness (QED) is 0.265. The number of aryl methyl sites for hydroxylation is 1. The first-order valence-electron chi connectivity index (χ1n) is 11.8. The van der Waals surface area contributed by atoms with Crippen molar-refractivity contribution in [3.05, 3.63) is 106 Å². The number of ether oxygens (including phenoxy) is 1. The average Bonchev–Trinajstić information content (AvgIpc) is 3.22. The molecule has 1 atom stereocenters. The van der Waals surface area contributed by atoms with E-state index < -0.39 is 17.1 Å². The van der Waals surface area contributed by atoms with Gasteiger partial charge in [0.2, 0.25) is 5.91 Å². The highest BCUT2D eigenvalue weighted by Crippen LogP contribution is 2.42. The van der Waals surface area contributed by atoms with Gasteiger partial charge in [0.15, 0.2) is 0 Å². The lowest BCUT2D eigenvalue weighted by Crippen LogP contribution is -2.30. The minimum absolute atomic E-state index is 0.134. The molecule has 0 radical (unpaired) electrons. The molecule has 7 nitrogen and oxygen atoms in total. The number of nitriles is 1. The highest BCUT2D eigenvalue weighted by molar-refractivity contribution is 8.05. The van der Waals surface area contributed by atoms with Crippen molar-refractivity contribution < 1.29 is 19.1 Å². The lowest BCUT2D eigenvalue weighted by Gasteiger charge is -2.18. The van der Waals surface area contributed by atoms with Crippen molar-refractivity contribution >= 4 is 40.9 Å². The lowest BCUT2D eigenvalue weighted by molar-refractivity contribution is -0.117. The number of rotatable bonds is 7. The Balaban J connectivity index is 1.65. The summed E-state index contributed by atoms with van der Waals surface area (Å²) >= 11 is 1.19. The molecule has 37 heavy (non-hydrogen) atoms. The van der Waals surface area contributed by atoms with Gasteiger partial charge in [0, 0.05) is 11.4 Å². The third kappa shape index (κ3) is 5.74. The van der Waals surface area contributed by atoms with Crippen molar-refractivity contribution in [3.63, 3.8) is 0 Å². The SMILES string of the molecule is CCOC(=O)c1ccc(C[C@@H]2S/C(=C(/C#N)C(=O)Nc3ccccc3C)N(c3ccccc3)C2=O)cc1. The first-order chi connectivity index (χ1) is 17.9. The largest absolute Gasteiger partial charge is 0.462 e. The van der Waals surface area contributed by atoms with Gasteiger partial charge in [-0.05, 0) is 61.7 Å². The van der Waals surface area contributed by atoms with E-state index in [0.717, 1.165) is 11.1 Å². The summed E-state index contributed by atoms with van der Waals surface area (Å²) in [5, 5.41) is 12.5. The number of nitrogens with one attached hydrogen (secondary N) is 1. The van der Waals surface area contributed by atoms with Crippen LogP contribution in [-0.2, 0) is 20.7 Å². The fraction of sp³-hybridized carbons (Fsp3) is 0.172. The van der Waals surface area contributed by atoms with E-state index in [9.17, 15) is 19.6 Å². The molecule has 8 heteroatoms. The smallest absolute Gasteiger partial charge is 0.338 e. The number of thioether (sulfide) groups is 1. The van der Waals surface area contributed by atoms with E-state index >= 15 is 0 Å². The van der Waals surface area contributed by atoms with Crippen LogP contribution in [0.4, 0.5) is 11.4 Å². The Morgan fingerprint density at radius 2 is 1.70 bits per heavy atom. The van der Waals surface area contributed by atoms with E-state index in [0.29, 0.717) is 23.4 Å². The number of benzene rings is 3. The molecule has 186 valence electrons. The summed E-state index contributed by atoms with van der Waals surface area (Å²) in [4.78, 5) is 40.2. The van der Waals surface area contributed by atoms with E-state index in [1.165, 1.54) is 16.7 Å². The van der Waals surface area contributed by atoms with Gasteiger partial charge in [-0.15, -0.1) is 0 Å². The molecular weight excluding hydrogens is 486 g/mol. The maximum Gasteiger partial charge on any atom is 0.338 e. The van der Waals surface area contributed by atoms with E-state index in [2.05, 4.69) is 5.32 Å². The summed E-state index contributed by atoms with van der Waals surface area (Å²) in [5.74, 6) is -1.20. The second kappa shape index (κ2) is 11.6. The zero-order valence-corrected chi connectivity index (χ0v) is 21.2.